The normalized spacial score (nSPS) is 17.8. The minimum absolute atomic E-state index is 0.0189. The van der Waals surface area contributed by atoms with E-state index in [0.29, 0.717) is 27.6 Å². The molecule has 5 nitrogen and oxygen atoms in total. The molecule has 0 radical (unpaired) electrons. The molecule has 1 heterocycles. The Balaban J connectivity index is 1.91. The lowest BCUT2D eigenvalue weighted by molar-refractivity contribution is -0.132. The van der Waals surface area contributed by atoms with Crippen LogP contribution in [0.4, 0.5) is 5.69 Å². The molecule has 1 aliphatic heterocycles. The molecular weight excluding hydrogens is 482 g/mol. The Hall–Kier alpha value is -3.09. The van der Waals surface area contributed by atoms with E-state index < -0.39 is 17.7 Å². The van der Waals surface area contributed by atoms with Crippen LogP contribution in [0.15, 0.2) is 82.8 Å². The van der Waals surface area contributed by atoms with Gasteiger partial charge in [0.15, 0.2) is 0 Å². The van der Waals surface area contributed by atoms with Gasteiger partial charge in [0.1, 0.15) is 11.5 Å². The molecule has 3 aromatic rings. The molecule has 0 unspecified atom stereocenters. The zero-order valence-electron chi connectivity index (χ0n) is 16.4. The van der Waals surface area contributed by atoms with E-state index in [1.807, 2.05) is 24.3 Å². The smallest absolute Gasteiger partial charge is 0.300 e. The fourth-order valence-electron chi connectivity index (χ4n) is 3.57. The number of hydrogen-bond donors (Lipinski definition) is 1. The van der Waals surface area contributed by atoms with Crippen LogP contribution in [0.3, 0.4) is 0 Å². The number of amides is 1. The van der Waals surface area contributed by atoms with E-state index in [1.54, 1.807) is 55.6 Å². The number of rotatable bonds is 4. The number of Topliss-reactive ketones (excluding diaryl/α,β-unsaturated/α-hetero) is 1. The molecule has 0 saturated carbocycles. The van der Waals surface area contributed by atoms with Gasteiger partial charge in [-0.2, -0.15) is 0 Å². The van der Waals surface area contributed by atoms with E-state index in [4.69, 9.17) is 16.3 Å². The van der Waals surface area contributed by atoms with Crippen LogP contribution >= 0.6 is 27.5 Å². The molecule has 3 aromatic carbocycles. The van der Waals surface area contributed by atoms with Crippen LogP contribution in [0.1, 0.15) is 17.2 Å². The standard InChI is InChI=1S/C24H17BrClNO4/c1-31-19-12-10-18(11-13-19)27-21(14-2-6-16(25)7-3-14)20(23(29)24(27)30)22(28)15-4-8-17(26)9-5-15/h2-13,21,28H,1H3/t21-/m0/s1. The average molecular weight is 499 g/mol. The average Bonchev–Trinajstić information content (AvgIpc) is 3.05. The SMILES string of the molecule is COc1ccc(N2C(=O)C(=O)C(=C(O)c3ccc(Cl)cc3)[C@@H]2c2ccc(Br)cc2)cc1. The van der Waals surface area contributed by atoms with Gasteiger partial charge in [0.25, 0.3) is 11.7 Å². The maximum Gasteiger partial charge on any atom is 0.300 e. The first-order valence-electron chi connectivity index (χ1n) is 9.37. The number of benzene rings is 3. The molecule has 7 heteroatoms. The number of aliphatic hydroxyl groups is 1. The number of halogens is 2. The number of hydrogen-bond acceptors (Lipinski definition) is 4. The Bertz CT molecular complexity index is 1170. The van der Waals surface area contributed by atoms with Crippen molar-refractivity contribution in [3.8, 4) is 5.75 Å². The Morgan fingerprint density at radius 3 is 2.16 bits per heavy atom. The Morgan fingerprint density at radius 1 is 0.968 bits per heavy atom. The monoisotopic (exact) mass is 497 g/mol. The highest BCUT2D eigenvalue weighted by Crippen LogP contribution is 2.42. The van der Waals surface area contributed by atoms with Crippen LogP contribution in [-0.2, 0) is 9.59 Å². The lowest BCUT2D eigenvalue weighted by Gasteiger charge is -2.25. The van der Waals surface area contributed by atoms with Gasteiger partial charge in [0, 0.05) is 20.7 Å². The Labute approximate surface area is 192 Å². The Morgan fingerprint density at radius 2 is 1.58 bits per heavy atom. The third-order valence-electron chi connectivity index (χ3n) is 5.10. The zero-order chi connectivity index (χ0) is 22.1. The van der Waals surface area contributed by atoms with Crippen molar-refractivity contribution in [2.24, 2.45) is 0 Å². The number of anilines is 1. The van der Waals surface area contributed by atoms with Gasteiger partial charge in [-0.1, -0.05) is 39.7 Å². The summed E-state index contributed by atoms with van der Waals surface area (Å²) in [5, 5.41) is 11.5. The summed E-state index contributed by atoms with van der Waals surface area (Å²) in [6, 6.07) is 19.8. The molecule has 1 amide bonds. The van der Waals surface area contributed by atoms with E-state index in [1.165, 1.54) is 4.90 Å². The number of carbonyl (C=O) groups excluding carboxylic acids is 2. The maximum atomic E-state index is 13.1. The van der Waals surface area contributed by atoms with Gasteiger partial charge in [0.2, 0.25) is 0 Å². The van der Waals surface area contributed by atoms with Crippen molar-refractivity contribution < 1.29 is 19.4 Å². The van der Waals surface area contributed by atoms with Crippen LogP contribution in [0.2, 0.25) is 5.02 Å². The van der Waals surface area contributed by atoms with Gasteiger partial charge in [-0.25, -0.2) is 0 Å². The van der Waals surface area contributed by atoms with Gasteiger partial charge >= 0.3 is 0 Å². The van der Waals surface area contributed by atoms with Crippen LogP contribution in [0.5, 0.6) is 5.75 Å². The minimum Gasteiger partial charge on any atom is -0.507 e. The first-order chi connectivity index (χ1) is 14.9. The summed E-state index contributed by atoms with van der Waals surface area (Å²) in [7, 11) is 1.55. The second-order valence-corrected chi connectivity index (χ2v) is 8.28. The van der Waals surface area contributed by atoms with Crippen molar-refractivity contribution in [1.29, 1.82) is 0 Å². The molecule has 0 aliphatic carbocycles. The molecule has 0 spiro atoms. The van der Waals surface area contributed by atoms with E-state index in [9.17, 15) is 14.7 Å². The summed E-state index contributed by atoms with van der Waals surface area (Å²) in [5.74, 6) is -1.09. The number of aliphatic hydroxyl groups excluding tert-OH is 1. The molecule has 4 rings (SSSR count). The molecule has 1 fully saturated rings. The molecular formula is C24H17BrClNO4. The van der Waals surface area contributed by atoms with Crippen molar-refractivity contribution in [1.82, 2.24) is 0 Å². The quantitative estimate of drug-likeness (QED) is 0.283. The van der Waals surface area contributed by atoms with Gasteiger partial charge in [-0.15, -0.1) is 0 Å². The lowest BCUT2D eigenvalue weighted by atomic mass is 9.95. The van der Waals surface area contributed by atoms with E-state index in [-0.39, 0.29) is 11.3 Å². The summed E-state index contributed by atoms with van der Waals surface area (Å²) in [5.41, 5.74) is 1.63. The molecule has 31 heavy (non-hydrogen) atoms. The maximum absolute atomic E-state index is 13.1. The van der Waals surface area contributed by atoms with Crippen molar-refractivity contribution in [3.63, 3.8) is 0 Å². The van der Waals surface area contributed by atoms with Crippen LogP contribution in [0, 0.1) is 0 Å². The molecule has 1 saturated heterocycles. The molecule has 0 aromatic heterocycles. The van der Waals surface area contributed by atoms with Crippen LogP contribution in [0.25, 0.3) is 5.76 Å². The summed E-state index contributed by atoms with van der Waals surface area (Å²) >= 11 is 9.36. The van der Waals surface area contributed by atoms with Gasteiger partial charge in [0.05, 0.1) is 18.7 Å². The highest BCUT2D eigenvalue weighted by molar-refractivity contribution is 9.10. The first-order valence-corrected chi connectivity index (χ1v) is 10.5. The number of ether oxygens (including phenoxy) is 1. The summed E-state index contributed by atoms with van der Waals surface area (Å²) in [4.78, 5) is 27.6. The Kier molecular flexibility index (Phi) is 5.85. The molecule has 1 aliphatic rings. The van der Waals surface area contributed by atoms with E-state index in [0.717, 1.165) is 4.47 Å². The molecule has 1 atom stereocenters. The predicted octanol–water partition coefficient (Wildman–Crippen LogP) is 5.74. The fourth-order valence-corrected chi connectivity index (χ4v) is 3.96. The van der Waals surface area contributed by atoms with Gasteiger partial charge in [-0.3, -0.25) is 14.5 Å². The van der Waals surface area contributed by atoms with Crippen LogP contribution in [-0.4, -0.2) is 23.9 Å². The van der Waals surface area contributed by atoms with Crippen molar-refractivity contribution in [2.45, 2.75) is 6.04 Å². The third kappa shape index (κ3) is 3.96. The van der Waals surface area contributed by atoms with Gasteiger partial charge in [-0.05, 0) is 66.2 Å². The zero-order valence-corrected chi connectivity index (χ0v) is 18.7. The lowest BCUT2D eigenvalue weighted by Crippen LogP contribution is -2.29. The largest absolute Gasteiger partial charge is 0.507 e. The third-order valence-corrected chi connectivity index (χ3v) is 5.88. The number of methoxy groups -OCH3 is 1. The topological polar surface area (TPSA) is 66.8 Å². The van der Waals surface area contributed by atoms with Crippen molar-refractivity contribution in [3.05, 3.63) is 99.0 Å². The second kappa shape index (κ2) is 8.57. The predicted molar refractivity (Wildman–Crippen MR) is 123 cm³/mol. The second-order valence-electron chi connectivity index (χ2n) is 6.93. The van der Waals surface area contributed by atoms with E-state index >= 15 is 0 Å². The molecule has 156 valence electrons. The van der Waals surface area contributed by atoms with E-state index in [2.05, 4.69) is 15.9 Å². The van der Waals surface area contributed by atoms with Crippen molar-refractivity contribution >= 4 is 50.7 Å². The molecule has 0 bridgehead atoms. The fraction of sp³-hybridized carbons (Fsp3) is 0.0833. The number of nitrogens with zero attached hydrogens (tertiary/aromatic N) is 1. The highest BCUT2D eigenvalue weighted by Gasteiger charge is 2.46. The van der Waals surface area contributed by atoms with Gasteiger partial charge < -0.3 is 9.84 Å². The number of carbonyl (C=O) groups is 2. The summed E-state index contributed by atoms with van der Waals surface area (Å²) < 4.78 is 6.05. The van der Waals surface area contributed by atoms with Crippen LogP contribution < -0.4 is 9.64 Å². The number of ketones is 1. The minimum atomic E-state index is -0.794. The summed E-state index contributed by atoms with van der Waals surface area (Å²) in [6.07, 6.45) is 0. The molecule has 1 N–H and O–H groups in total. The highest BCUT2D eigenvalue weighted by atomic mass is 79.9. The first kappa shape index (κ1) is 21.2. The van der Waals surface area contributed by atoms with Crippen molar-refractivity contribution in [2.75, 3.05) is 12.0 Å². The summed E-state index contributed by atoms with van der Waals surface area (Å²) in [6.45, 7) is 0.